The lowest BCUT2D eigenvalue weighted by atomic mass is 10.3. The molecule has 1 aromatic heterocycles. The summed E-state index contributed by atoms with van der Waals surface area (Å²) >= 11 is 0. The number of nitrogens with zero attached hydrogens (tertiary/aromatic N) is 4. The number of rotatable bonds is 6. The first-order valence-electron chi connectivity index (χ1n) is 7.07. The third kappa shape index (κ3) is 3.37. The molecular formula is C14H23N5O. The van der Waals surface area contributed by atoms with Gasteiger partial charge in [0.2, 0.25) is 5.91 Å². The Balaban J connectivity index is 2.23. The van der Waals surface area contributed by atoms with Crippen LogP contribution in [-0.4, -0.2) is 55.0 Å². The number of anilines is 2. The summed E-state index contributed by atoms with van der Waals surface area (Å²) in [6.07, 6.45) is 2.32. The number of carbonyl (C=O) groups excluding carboxylic acids is 1. The van der Waals surface area contributed by atoms with Gasteiger partial charge < -0.3 is 15.1 Å². The number of hydrogen-bond donors (Lipinski definition) is 1. The van der Waals surface area contributed by atoms with Crippen molar-refractivity contribution in [3.05, 3.63) is 11.9 Å². The SMILES string of the molecule is CCN(CC(=O)N(C)C)c1cc(NC)nc(C2CC2)n1. The third-order valence-electron chi connectivity index (χ3n) is 3.46. The molecule has 0 spiro atoms. The summed E-state index contributed by atoms with van der Waals surface area (Å²) < 4.78 is 0. The first kappa shape index (κ1) is 14.6. The van der Waals surface area contributed by atoms with Gasteiger partial charge in [-0.3, -0.25) is 4.79 Å². The quantitative estimate of drug-likeness (QED) is 0.849. The van der Waals surface area contributed by atoms with E-state index in [1.54, 1.807) is 19.0 Å². The highest BCUT2D eigenvalue weighted by Gasteiger charge is 2.28. The van der Waals surface area contributed by atoms with Crippen molar-refractivity contribution >= 4 is 17.5 Å². The molecule has 0 bridgehead atoms. The van der Waals surface area contributed by atoms with Crippen molar-refractivity contribution in [3.8, 4) is 0 Å². The second kappa shape index (κ2) is 6.07. The van der Waals surface area contributed by atoms with E-state index in [0.29, 0.717) is 12.5 Å². The topological polar surface area (TPSA) is 61.4 Å². The van der Waals surface area contributed by atoms with Crippen molar-refractivity contribution < 1.29 is 4.79 Å². The molecule has 20 heavy (non-hydrogen) atoms. The third-order valence-corrected chi connectivity index (χ3v) is 3.46. The van der Waals surface area contributed by atoms with Gasteiger partial charge in [0.1, 0.15) is 17.5 Å². The van der Waals surface area contributed by atoms with Gasteiger partial charge in [0.15, 0.2) is 0 Å². The lowest BCUT2D eigenvalue weighted by Crippen LogP contribution is -2.37. The number of amides is 1. The zero-order valence-electron chi connectivity index (χ0n) is 12.7. The van der Waals surface area contributed by atoms with E-state index in [1.807, 2.05) is 24.9 Å². The van der Waals surface area contributed by atoms with Crippen LogP contribution in [0.5, 0.6) is 0 Å². The van der Waals surface area contributed by atoms with Gasteiger partial charge in [-0.1, -0.05) is 0 Å². The number of carbonyl (C=O) groups is 1. The van der Waals surface area contributed by atoms with E-state index in [9.17, 15) is 4.79 Å². The molecule has 1 fully saturated rings. The zero-order chi connectivity index (χ0) is 14.7. The maximum Gasteiger partial charge on any atom is 0.241 e. The normalized spacial score (nSPS) is 14.0. The Hall–Kier alpha value is -1.85. The molecule has 6 nitrogen and oxygen atoms in total. The Bertz CT molecular complexity index is 484. The summed E-state index contributed by atoms with van der Waals surface area (Å²) in [6.45, 7) is 3.11. The van der Waals surface area contributed by atoms with Crippen molar-refractivity contribution in [2.75, 3.05) is 44.4 Å². The fourth-order valence-electron chi connectivity index (χ4n) is 1.93. The van der Waals surface area contributed by atoms with Gasteiger partial charge in [-0.2, -0.15) is 0 Å². The van der Waals surface area contributed by atoms with Gasteiger partial charge in [-0.15, -0.1) is 0 Å². The van der Waals surface area contributed by atoms with Crippen LogP contribution in [0.2, 0.25) is 0 Å². The maximum absolute atomic E-state index is 11.9. The zero-order valence-corrected chi connectivity index (χ0v) is 12.7. The highest BCUT2D eigenvalue weighted by molar-refractivity contribution is 5.80. The summed E-state index contributed by atoms with van der Waals surface area (Å²) in [4.78, 5) is 24.6. The van der Waals surface area contributed by atoms with Gasteiger partial charge in [-0.05, 0) is 19.8 Å². The van der Waals surface area contributed by atoms with Gasteiger partial charge in [-0.25, -0.2) is 9.97 Å². The van der Waals surface area contributed by atoms with E-state index < -0.39 is 0 Å². The van der Waals surface area contributed by atoms with Crippen LogP contribution in [0.25, 0.3) is 0 Å². The monoisotopic (exact) mass is 277 g/mol. The van der Waals surface area contributed by atoms with Crippen molar-refractivity contribution in [1.29, 1.82) is 0 Å². The minimum atomic E-state index is 0.0736. The van der Waals surface area contributed by atoms with Crippen LogP contribution in [0.3, 0.4) is 0 Å². The Morgan fingerprint density at radius 3 is 2.60 bits per heavy atom. The van der Waals surface area contributed by atoms with Crippen LogP contribution in [-0.2, 0) is 4.79 Å². The lowest BCUT2D eigenvalue weighted by Gasteiger charge is -2.24. The molecule has 2 rings (SSSR count). The maximum atomic E-state index is 11.9. The minimum absolute atomic E-state index is 0.0736. The molecule has 1 aliphatic rings. The molecule has 110 valence electrons. The Labute approximate surface area is 120 Å². The van der Waals surface area contributed by atoms with Gasteiger partial charge in [0.25, 0.3) is 0 Å². The molecule has 0 saturated heterocycles. The standard InChI is InChI=1S/C14H23N5O/c1-5-19(9-13(20)18(3)4)12-8-11(15-2)16-14(17-12)10-6-7-10/h8,10H,5-7,9H2,1-4H3,(H,15,16,17). The van der Waals surface area contributed by atoms with E-state index in [1.165, 1.54) is 0 Å². The molecule has 0 aromatic carbocycles. The Morgan fingerprint density at radius 1 is 1.40 bits per heavy atom. The number of likely N-dealkylation sites (N-methyl/N-ethyl adjacent to an activating group) is 2. The average Bonchev–Trinajstić information content (AvgIpc) is 3.28. The summed E-state index contributed by atoms with van der Waals surface area (Å²) in [5.74, 6) is 3.09. The van der Waals surface area contributed by atoms with Crippen LogP contribution >= 0.6 is 0 Å². The molecular weight excluding hydrogens is 254 g/mol. The van der Waals surface area contributed by atoms with Crippen LogP contribution in [0.4, 0.5) is 11.6 Å². The van der Waals surface area contributed by atoms with E-state index in [4.69, 9.17) is 0 Å². The molecule has 0 atom stereocenters. The largest absolute Gasteiger partial charge is 0.373 e. The van der Waals surface area contributed by atoms with Crippen molar-refractivity contribution in [2.24, 2.45) is 0 Å². The molecule has 1 saturated carbocycles. The first-order chi connectivity index (χ1) is 9.55. The highest BCUT2D eigenvalue weighted by Crippen LogP contribution is 2.39. The summed E-state index contributed by atoms with van der Waals surface area (Å²) in [5, 5.41) is 3.07. The predicted octanol–water partition coefficient (Wildman–Crippen LogP) is 1.31. The minimum Gasteiger partial charge on any atom is -0.373 e. The highest BCUT2D eigenvalue weighted by atomic mass is 16.2. The van der Waals surface area contributed by atoms with Crippen LogP contribution in [0.15, 0.2) is 6.07 Å². The number of nitrogens with one attached hydrogen (secondary N) is 1. The Morgan fingerprint density at radius 2 is 2.10 bits per heavy atom. The van der Waals surface area contributed by atoms with Gasteiger partial charge in [0, 0.05) is 39.7 Å². The smallest absolute Gasteiger partial charge is 0.241 e. The molecule has 0 aliphatic heterocycles. The van der Waals surface area contributed by atoms with Crippen molar-refractivity contribution in [1.82, 2.24) is 14.9 Å². The number of aromatic nitrogens is 2. The van der Waals surface area contributed by atoms with E-state index >= 15 is 0 Å². The van der Waals surface area contributed by atoms with Crippen LogP contribution in [0, 0.1) is 0 Å². The molecule has 1 N–H and O–H groups in total. The summed E-state index contributed by atoms with van der Waals surface area (Å²) in [7, 11) is 5.39. The fourth-order valence-corrected chi connectivity index (χ4v) is 1.93. The molecule has 1 aliphatic carbocycles. The first-order valence-corrected chi connectivity index (χ1v) is 7.07. The molecule has 0 radical (unpaired) electrons. The lowest BCUT2D eigenvalue weighted by molar-refractivity contribution is -0.127. The van der Waals surface area contributed by atoms with E-state index in [2.05, 4.69) is 15.3 Å². The molecule has 0 unspecified atom stereocenters. The Kier molecular flexibility index (Phi) is 4.42. The van der Waals surface area contributed by atoms with Crippen molar-refractivity contribution in [3.63, 3.8) is 0 Å². The van der Waals surface area contributed by atoms with Crippen LogP contribution < -0.4 is 10.2 Å². The van der Waals surface area contributed by atoms with Crippen molar-refractivity contribution in [2.45, 2.75) is 25.7 Å². The number of hydrogen-bond acceptors (Lipinski definition) is 5. The second-order valence-corrected chi connectivity index (χ2v) is 5.30. The van der Waals surface area contributed by atoms with Crippen LogP contribution in [0.1, 0.15) is 31.5 Å². The predicted molar refractivity (Wildman–Crippen MR) is 80.1 cm³/mol. The summed E-state index contributed by atoms with van der Waals surface area (Å²) in [5.41, 5.74) is 0. The molecule has 1 heterocycles. The van der Waals surface area contributed by atoms with Gasteiger partial charge in [0.05, 0.1) is 6.54 Å². The molecule has 1 amide bonds. The van der Waals surface area contributed by atoms with E-state index in [0.717, 1.165) is 36.8 Å². The van der Waals surface area contributed by atoms with Gasteiger partial charge >= 0.3 is 0 Å². The molecule has 1 aromatic rings. The second-order valence-electron chi connectivity index (χ2n) is 5.30. The van der Waals surface area contributed by atoms with E-state index in [-0.39, 0.29) is 5.91 Å². The summed E-state index contributed by atoms with van der Waals surface area (Å²) in [6, 6.07) is 1.90. The fraction of sp³-hybridized carbons (Fsp3) is 0.643. The average molecular weight is 277 g/mol. The molecule has 6 heteroatoms.